The number of ether oxygens (including phenoxy) is 2. The Morgan fingerprint density at radius 2 is 1.77 bits per heavy atom. The predicted molar refractivity (Wildman–Crippen MR) is 80.9 cm³/mol. The van der Waals surface area contributed by atoms with E-state index in [1.807, 2.05) is 0 Å². The van der Waals surface area contributed by atoms with E-state index in [-0.39, 0.29) is 5.56 Å². The number of alkyl halides is 2. The van der Waals surface area contributed by atoms with Gasteiger partial charge in [0, 0.05) is 18.9 Å². The molecule has 5 heteroatoms. The third-order valence-corrected chi connectivity index (χ3v) is 4.41. The summed E-state index contributed by atoms with van der Waals surface area (Å²) in [6.45, 7) is 3.97. The highest BCUT2D eigenvalue weighted by Crippen LogP contribution is 2.40. The molecule has 0 bridgehead atoms. The summed E-state index contributed by atoms with van der Waals surface area (Å²) in [5, 5.41) is 3.31. The maximum Gasteiger partial charge on any atom is 0.270 e. The highest BCUT2D eigenvalue weighted by molar-refractivity contribution is 5.49. The zero-order valence-corrected chi connectivity index (χ0v) is 13.0. The Bertz CT molecular complexity index is 522. The van der Waals surface area contributed by atoms with E-state index < -0.39 is 5.92 Å². The molecule has 0 saturated carbocycles. The molecule has 0 radical (unpaired) electrons. The van der Waals surface area contributed by atoms with Crippen molar-refractivity contribution in [2.75, 3.05) is 26.3 Å². The van der Waals surface area contributed by atoms with Crippen LogP contribution in [0, 0.1) is 5.92 Å². The van der Waals surface area contributed by atoms with E-state index in [9.17, 15) is 8.78 Å². The van der Waals surface area contributed by atoms with E-state index in [0.29, 0.717) is 42.6 Å². The second-order valence-corrected chi connectivity index (χ2v) is 6.29. The van der Waals surface area contributed by atoms with E-state index in [4.69, 9.17) is 9.47 Å². The van der Waals surface area contributed by atoms with Crippen molar-refractivity contribution in [3.05, 3.63) is 23.3 Å². The average molecular weight is 311 g/mol. The van der Waals surface area contributed by atoms with Crippen molar-refractivity contribution < 1.29 is 18.3 Å². The van der Waals surface area contributed by atoms with Crippen LogP contribution in [0.4, 0.5) is 8.78 Å². The van der Waals surface area contributed by atoms with Crippen molar-refractivity contribution in [1.82, 2.24) is 5.32 Å². The van der Waals surface area contributed by atoms with Crippen molar-refractivity contribution in [2.45, 2.75) is 38.5 Å². The maximum absolute atomic E-state index is 14.0. The molecule has 1 N–H and O–H groups in total. The topological polar surface area (TPSA) is 30.5 Å². The van der Waals surface area contributed by atoms with Gasteiger partial charge in [-0.15, -0.1) is 0 Å². The SMILES string of the molecule is CC(F)(F)c1cc2c(cc1CC1CCNCC1)OCCCO2. The summed E-state index contributed by atoms with van der Waals surface area (Å²) < 4.78 is 39.3. The molecule has 1 saturated heterocycles. The van der Waals surface area contributed by atoms with Gasteiger partial charge in [0.25, 0.3) is 5.92 Å². The summed E-state index contributed by atoms with van der Waals surface area (Å²) in [7, 11) is 0. The van der Waals surface area contributed by atoms with Crippen LogP contribution in [0.3, 0.4) is 0 Å². The van der Waals surface area contributed by atoms with Gasteiger partial charge in [-0.1, -0.05) is 0 Å². The van der Waals surface area contributed by atoms with Gasteiger partial charge < -0.3 is 14.8 Å². The fourth-order valence-corrected chi connectivity index (χ4v) is 3.23. The number of hydrogen-bond acceptors (Lipinski definition) is 3. The van der Waals surface area contributed by atoms with Crippen molar-refractivity contribution in [1.29, 1.82) is 0 Å². The predicted octanol–water partition coefficient (Wildman–Crippen LogP) is 3.50. The number of nitrogens with one attached hydrogen (secondary N) is 1. The van der Waals surface area contributed by atoms with E-state index >= 15 is 0 Å². The summed E-state index contributed by atoms with van der Waals surface area (Å²) in [4.78, 5) is 0. The minimum Gasteiger partial charge on any atom is -0.490 e. The summed E-state index contributed by atoms with van der Waals surface area (Å²) >= 11 is 0. The summed E-state index contributed by atoms with van der Waals surface area (Å²) in [5.41, 5.74) is 0.777. The highest BCUT2D eigenvalue weighted by Gasteiger charge is 2.31. The first kappa shape index (κ1) is 15.5. The Kier molecular flexibility index (Phi) is 4.52. The lowest BCUT2D eigenvalue weighted by atomic mass is 9.87. The lowest BCUT2D eigenvalue weighted by Gasteiger charge is -2.25. The standard InChI is InChI=1S/C17H23F2NO2/c1-17(18,19)14-11-16-15(21-7-2-8-22-16)10-13(14)9-12-3-5-20-6-4-12/h10-12,20H,2-9H2,1H3. The molecule has 0 aliphatic carbocycles. The lowest BCUT2D eigenvalue weighted by Crippen LogP contribution is -2.29. The maximum atomic E-state index is 14.0. The number of rotatable bonds is 3. The molecule has 1 fully saturated rings. The van der Waals surface area contributed by atoms with Gasteiger partial charge in [-0.25, -0.2) is 8.78 Å². The van der Waals surface area contributed by atoms with Crippen LogP contribution in [0.15, 0.2) is 12.1 Å². The largest absolute Gasteiger partial charge is 0.490 e. The van der Waals surface area contributed by atoms with Crippen molar-refractivity contribution >= 4 is 0 Å². The van der Waals surface area contributed by atoms with Crippen LogP contribution in [-0.4, -0.2) is 26.3 Å². The average Bonchev–Trinajstić information content (AvgIpc) is 2.71. The van der Waals surface area contributed by atoms with E-state index in [1.54, 1.807) is 6.07 Å². The minimum absolute atomic E-state index is 0.0790. The Morgan fingerprint density at radius 1 is 1.14 bits per heavy atom. The van der Waals surface area contributed by atoms with Gasteiger partial charge in [0.15, 0.2) is 11.5 Å². The van der Waals surface area contributed by atoms with Crippen molar-refractivity contribution in [3.63, 3.8) is 0 Å². The van der Waals surface area contributed by atoms with Gasteiger partial charge in [-0.3, -0.25) is 0 Å². The van der Waals surface area contributed by atoms with Gasteiger partial charge in [0.05, 0.1) is 13.2 Å². The quantitative estimate of drug-likeness (QED) is 0.927. The molecule has 3 nitrogen and oxygen atoms in total. The molecule has 3 rings (SSSR count). The molecule has 0 atom stereocenters. The van der Waals surface area contributed by atoms with Gasteiger partial charge in [0.2, 0.25) is 0 Å². The first-order chi connectivity index (χ1) is 10.5. The monoisotopic (exact) mass is 311 g/mol. The van der Waals surface area contributed by atoms with Crippen molar-refractivity contribution in [2.24, 2.45) is 5.92 Å². The van der Waals surface area contributed by atoms with E-state index in [0.717, 1.165) is 39.3 Å². The molecule has 0 amide bonds. The molecule has 0 unspecified atom stereocenters. The fourth-order valence-electron chi connectivity index (χ4n) is 3.23. The van der Waals surface area contributed by atoms with Crippen LogP contribution >= 0.6 is 0 Å². The van der Waals surface area contributed by atoms with Gasteiger partial charge in [-0.05, 0) is 56.0 Å². The molecule has 2 aliphatic heterocycles. The van der Waals surface area contributed by atoms with Crippen LogP contribution in [0.1, 0.15) is 37.3 Å². The first-order valence-electron chi connectivity index (χ1n) is 8.05. The van der Waals surface area contributed by atoms with Crippen LogP contribution in [0.5, 0.6) is 11.5 Å². The molecule has 1 aromatic rings. The van der Waals surface area contributed by atoms with E-state index in [1.165, 1.54) is 6.07 Å². The Labute approximate surface area is 130 Å². The first-order valence-corrected chi connectivity index (χ1v) is 8.05. The molecule has 0 spiro atoms. The molecule has 1 aromatic carbocycles. The number of fused-ring (bicyclic) bond motifs is 1. The summed E-state index contributed by atoms with van der Waals surface area (Å²) in [5.74, 6) is -1.36. The van der Waals surface area contributed by atoms with Crippen LogP contribution in [0.25, 0.3) is 0 Å². The zero-order valence-electron chi connectivity index (χ0n) is 13.0. The minimum atomic E-state index is -2.87. The van der Waals surface area contributed by atoms with Gasteiger partial charge in [-0.2, -0.15) is 0 Å². The second-order valence-electron chi connectivity index (χ2n) is 6.29. The van der Waals surface area contributed by atoms with Gasteiger partial charge >= 0.3 is 0 Å². The van der Waals surface area contributed by atoms with Crippen LogP contribution < -0.4 is 14.8 Å². The lowest BCUT2D eigenvalue weighted by molar-refractivity contribution is 0.0160. The van der Waals surface area contributed by atoms with Crippen molar-refractivity contribution in [3.8, 4) is 11.5 Å². The smallest absolute Gasteiger partial charge is 0.270 e. The number of benzene rings is 1. The summed E-state index contributed by atoms with van der Waals surface area (Å²) in [6.07, 6.45) is 3.51. The Hall–Kier alpha value is -1.36. The second kappa shape index (κ2) is 6.41. The van der Waals surface area contributed by atoms with Crippen LogP contribution in [0.2, 0.25) is 0 Å². The number of halogens is 2. The van der Waals surface area contributed by atoms with Crippen LogP contribution in [-0.2, 0) is 12.3 Å². The summed E-state index contributed by atoms with van der Waals surface area (Å²) in [6, 6.07) is 3.26. The number of piperidine rings is 1. The number of hydrogen-bond donors (Lipinski definition) is 1. The van der Waals surface area contributed by atoms with Gasteiger partial charge in [0.1, 0.15) is 0 Å². The normalized spacial score (nSPS) is 19.8. The zero-order chi connectivity index (χ0) is 15.6. The molecule has 0 aromatic heterocycles. The molecular weight excluding hydrogens is 288 g/mol. The Morgan fingerprint density at radius 3 is 2.41 bits per heavy atom. The molecular formula is C17H23F2NO2. The highest BCUT2D eigenvalue weighted by atomic mass is 19.3. The third kappa shape index (κ3) is 3.51. The molecule has 22 heavy (non-hydrogen) atoms. The molecule has 2 aliphatic rings. The third-order valence-electron chi connectivity index (χ3n) is 4.41. The Balaban J connectivity index is 1.93. The van der Waals surface area contributed by atoms with E-state index in [2.05, 4.69) is 5.32 Å². The fraction of sp³-hybridized carbons (Fsp3) is 0.647. The molecule has 122 valence electrons. The molecule has 2 heterocycles.